The molecule has 96 valence electrons. The van der Waals surface area contributed by atoms with Gasteiger partial charge in [0.25, 0.3) is 0 Å². The quantitative estimate of drug-likeness (QED) is 0.850. The first-order valence-corrected chi connectivity index (χ1v) is 6.25. The van der Waals surface area contributed by atoms with Gasteiger partial charge in [0.2, 0.25) is 0 Å². The van der Waals surface area contributed by atoms with Crippen LogP contribution in [-0.4, -0.2) is 13.6 Å². The Morgan fingerprint density at radius 1 is 1.16 bits per heavy atom. The lowest BCUT2D eigenvalue weighted by molar-refractivity contribution is 0.877. The fourth-order valence-corrected chi connectivity index (χ4v) is 1.92. The minimum atomic E-state index is 0.692. The molecule has 0 unspecified atom stereocenters. The fourth-order valence-electron chi connectivity index (χ4n) is 1.92. The van der Waals surface area contributed by atoms with Crippen LogP contribution in [0.3, 0.4) is 0 Å². The molecular weight excluding hydrogens is 234 g/mol. The summed E-state index contributed by atoms with van der Waals surface area (Å²) in [4.78, 5) is 2.15. The van der Waals surface area contributed by atoms with Crippen molar-refractivity contribution in [2.45, 2.75) is 6.42 Å². The normalized spacial score (nSPS) is 9.89. The minimum Gasteiger partial charge on any atom is -0.399 e. The Morgan fingerprint density at radius 3 is 2.58 bits per heavy atom. The van der Waals surface area contributed by atoms with Crippen molar-refractivity contribution in [3.63, 3.8) is 0 Å². The molecule has 3 nitrogen and oxygen atoms in total. The number of rotatable bonds is 4. The van der Waals surface area contributed by atoms with E-state index in [1.165, 1.54) is 5.56 Å². The van der Waals surface area contributed by atoms with Gasteiger partial charge in [-0.1, -0.05) is 18.2 Å². The second-order valence-corrected chi connectivity index (χ2v) is 4.58. The Labute approximate surface area is 113 Å². The molecule has 0 aliphatic heterocycles. The van der Waals surface area contributed by atoms with E-state index in [0.29, 0.717) is 5.56 Å². The zero-order valence-electron chi connectivity index (χ0n) is 11.0. The molecular formula is C16H17N3. The predicted molar refractivity (Wildman–Crippen MR) is 79.0 cm³/mol. The number of nitrogen functional groups attached to an aromatic ring is 1. The lowest BCUT2D eigenvalue weighted by Crippen LogP contribution is -2.20. The van der Waals surface area contributed by atoms with E-state index in [9.17, 15) is 0 Å². The summed E-state index contributed by atoms with van der Waals surface area (Å²) < 4.78 is 0. The molecule has 0 spiro atoms. The van der Waals surface area contributed by atoms with Crippen molar-refractivity contribution >= 4 is 11.4 Å². The van der Waals surface area contributed by atoms with Crippen LogP contribution in [-0.2, 0) is 6.42 Å². The Balaban J connectivity index is 1.99. The van der Waals surface area contributed by atoms with E-state index in [2.05, 4.69) is 23.1 Å². The highest BCUT2D eigenvalue weighted by atomic mass is 15.1. The molecule has 2 aromatic rings. The first-order valence-electron chi connectivity index (χ1n) is 6.25. The molecule has 19 heavy (non-hydrogen) atoms. The maximum absolute atomic E-state index is 8.90. The van der Waals surface area contributed by atoms with Crippen molar-refractivity contribution in [2.75, 3.05) is 24.2 Å². The minimum absolute atomic E-state index is 0.692. The van der Waals surface area contributed by atoms with E-state index in [-0.39, 0.29) is 0 Å². The van der Waals surface area contributed by atoms with Gasteiger partial charge in [0.05, 0.1) is 11.6 Å². The van der Waals surface area contributed by atoms with Crippen molar-refractivity contribution in [1.82, 2.24) is 0 Å². The van der Waals surface area contributed by atoms with Crippen LogP contribution in [0.1, 0.15) is 11.1 Å². The number of benzene rings is 2. The predicted octanol–water partition coefficient (Wildman–Crippen LogP) is 2.82. The maximum Gasteiger partial charge on any atom is 0.0992 e. The Bertz CT molecular complexity index is 582. The SMILES string of the molecule is CN(CCc1ccc(N)cc1)c1cccc(C#N)c1. The highest BCUT2D eigenvalue weighted by Crippen LogP contribution is 2.15. The summed E-state index contributed by atoms with van der Waals surface area (Å²) in [5.74, 6) is 0. The third-order valence-corrected chi connectivity index (χ3v) is 3.13. The summed E-state index contributed by atoms with van der Waals surface area (Å²) in [5, 5.41) is 8.90. The van der Waals surface area contributed by atoms with E-state index < -0.39 is 0 Å². The average molecular weight is 251 g/mol. The standard InChI is InChI=1S/C16H17N3/c1-19(16-4-2-3-14(11-16)12-17)10-9-13-5-7-15(18)8-6-13/h2-8,11H,9-10,18H2,1H3. The number of likely N-dealkylation sites (N-methyl/N-ethyl adjacent to an activating group) is 1. The van der Waals surface area contributed by atoms with Gasteiger partial charge in [-0.25, -0.2) is 0 Å². The molecule has 0 saturated heterocycles. The first kappa shape index (κ1) is 13.0. The summed E-state index contributed by atoms with van der Waals surface area (Å²) in [7, 11) is 2.04. The zero-order valence-corrected chi connectivity index (χ0v) is 11.0. The van der Waals surface area contributed by atoms with Crippen LogP contribution in [0, 0.1) is 11.3 Å². The molecule has 3 heteroatoms. The van der Waals surface area contributed by atoms with Gasteiger partial charge < -0.3 is 10.6 Å². The number of nitriles is 1. The molecule has 0 fully saturated rings. The molecule has 0 heterocycles. The van der Waals surface area contributed by atoms with Gasteiger partial charge in [-0.2, -0.15) is 5.26 Å². The van der Waals surface area contributed by atoms with E-state index in [1.807, 2.05) is 43.4 Å². The third kappa shape index (κ3) is 3.49. The summed E-state index contributed by atoms with van der Waals surface area (Å²) in [6.45, 7) is 0.902. The van der Waals surface area contributed by atoms with Crippen molar-refractivity contribution in [1.29, 1.82) is 5.26 Å². The Hall–Kier alpha value is -2.47. The van der Waals surface area contributed by atoms with E-state index in [1.54, 1.807) is 0 Å². The fraction of sp³-hybridized carbons (Fsp3) is 0.188. The second-order valence-electron chi connectivity index (χ2n) is 4.58. The molecule has 2 rings (SSSR count). The van der Waals surface area contributed by atoms with Crippen molar-refractivity contribution in [3.8, 4) is 6.07 Å². The largest absolute Gasteiger partial charge is 0.399 e. The lowest BCUT2D eigenvalue weighted by atomic mass is 10.1. The highest BCUT2D eigenvalue weighted by molar-refractivity contribution is 5.51. The smallest absolute Gasteiger partial charge is 0.0992 e. The van der Waals surface area contributed by atoms with Crippen LogP contribution >= 0.6 is 0 Å². The molecule has 0 radical (unpaired) electrons. The number of anilines is 2. The number of hydrogen-bond acceptors (Lipinski definition) is 3. The summed E-state index contributed by atoms with van der Waals surface area (Å²) in [6, 6.07) is 17.8. The summed E-state index contributed by atoms with van der Waals surface area (Å²) >= 11 is 0. The molecule has 0 atom stereocenters. The molecule has 0 aromatic heterocycles. The number of nitrogens with two attached hydrogens (primary N) is 1. The molecule has 2 N–H and O–H groups in total. The maximum atomic E-state index is 8.90. The van der Waals surface area contributed by atoms with E-state index >= 15 is 0 Å². The lowest BCUT2D eigenvalue weighted by Gasteiger charge is -2.19. The van der Waals surface area contributed by atoms with Crippen LogP contribution in [0.5, 0.6) is 0 Å². The van der Waals surface area contributed by atoms with E-state index in [0.717, 1.165) is 24.3 Å². The van der Waals surface area contributed by atoms with Crippen LogP contribution in [0.2, 0.25) is 0 Å². The molecule has 0 bridgehead atoms. The van der Waals surface area contributed by atoms with E-state index in [4.69, 9.17) is 11.0 Å². The topological polar surface area (TPSA) is 53.0 Å². The van der Waals surface area contributed by atoms with Gasteiger partial charge in [-0.15, -0.1) is 0 Å². The van der Waals surface area contributed by atoms with Crippen molar-refractivity contribution in [3.05, 3.63) is 59.7 Å². The van der Waals surface area contributed by atoms with Gasteiger partial charge in [-0.05, 0) is 42.3 Å². The first-order chi connectivity index (χ1) is 9.19. The van der Waals surface area contributed by atoms with Gasteiger partial charge in [0, 0.05) is 25.0 Å². The van der Waals surface area contributed by atoms with Crippen LogP contribution in [0.4, 0.5) is 11.4 Å². The Kier molecular flexibility index (Phi) is 4.04. The second kappa shape index (κ2) is 5.92. The number of nitrogens with zero attached hydrogens (tertiary/aromatic N) is 2. The molecule has 0 amide bonds. The van der Waals surface area contributed by atoms with Gasteiger partial charge in [-0.3, -0.25) is 0 Å². The summed E-state index contributed by atoms with van der Waals surface area (Å²) in [6.07, 6.45) is 0.952. The Morgan fingerprint density at radius 2 is 1.89 bits per heavy atom. The molecule has 0 aliphatic carbocycles. The van der Waals surface area contributed by atoms with Gasteiger partial charge in [0.1, 0.15) is 0 Å². The average Bonchev–Trinajstić information content (AvgIpc) is 2.46. The van der Waals surface area contributed by atoms with Gasteiger partial charge in [0.15, 0.2) is 0 Å². The molecule has 0 saturated carbocycles. The van der Waals surface area contributed by atoms with Crippen LogP contribution in [0.15, 0.2) is 48.5 Å². The van der Waals surface area contributed by atoms with Crippen molar-refractivity contribution in [2.24, 2.45) is 0 Å². The highest BCUT2D eigenvalue weighted by Gasteiger charge is 2.02. The third-order valence-electron chi connectivity index (χ3n) is 3.13. The van der Waals surface area contributed by atoms with Crippen LogP contribution in [0.25, 0.3) is 0 Å². The number of hydrogen-bond donors (Lipinski definition) is 1. The molecule has 0 aliphatic rings. The van der Waals surface area contributed by atoms with Gasteiger partial charge >= 0.3 is 0 Å². The molecule has 2 aromatic carbocycles. The van der Waals surface area contributed by atoms with Crippen molar-refractivity contribution < 1.29 is 0 Å². The summed E-state index contributed by atoms with van der Waals surface area (Å²) in [5.41, 5.74) is 9.47. The zero-order chi connectivity index (χ0) is 13.7. The monoisotopic (exact) mass is 251 g/mol. The van der Waals surface area contributed by atoms with Crippen LogP contribution < -0.4 is 10.6 Å².